The molecule has 0 radical (unpaired) electrons. The molecular formula is C18H15N5OS2. The number of amidine groups is 1. The molecule has 5 N–H and O–H groups in total. The highest BCUT2D eigenvalue weighted by Crippen LogP contribution is 2.32. The van der Waals surface area contributed by atoms with E-state index >= 15 is 0 Å². The van der Waals surface area contributed by atoms with E-state index in [4.69, 9.17) is 11.6 Å². The van der Waals surface area contributed by atoms with E-state index in [2.05, 4.69) is 16.2 Å². The van der Waals surface area contributed by atoms with Crippen LogP contribution in [0.2, 0.25) is 0 Å². The van der Waals surface area contributed by atoms with Crippen LogP contribution in [-0.4, -0.2) is 10.8 Å². The zero-order valence-electron chi connectivity index (χ0n) is 13.6. The van der Waals surface area contributed by atoms with Gasteiger partial charge in [0.1, 0.15) is 11.9 Å². The minimum Gasteiger partial charge on any atom is -0.382 e. The van der Waals surface area contributed by atoms with Crippen molar-refractivity contribution in [2.24, 2.45) is 16.7 Å². The molecule has 0 amide bonds. The monoisotopic (exact) mass is 381 g/mol. The number of hydrogen-bond acceptors (Lipinski definition) is 6. The molecule has 0 spiro atoms. The van der Waals surface area contributed by atoms with E-state index in [1.807, 2.05) is 41.8 Å². The summed E-state index contributed by atoms with van der Waals surface area (Å²) in [4.78, 5) is 15.7. The molecule has 0 fully saturated rings. The number of nitriles is 1. The minimum atomic E-state index is -0.233. The van der Waals surface area contributed by atoms with Gasteiger partial charge in [0.05, 0.1) is 10.6 Å². The van der Waals surface area contributed by atoms with Crippen molar-refractivity contribution in [3.05, 3.63) is 74.9 Å². The molecule has 6 nitrogen and oxygen atoms in total. The lowest BCUT2D eigenvalue weighted by Gasteiger charge is -2.08. The zero-order valence-corrected chi connectivity index (χ0v) is 15.2. The third-order valence-electron chi connectivity index (χ3n) is 3.65. The first-order chi connectivity index (χ1) is 12.6. The number of nitrogens with zero attached hydrogens (tertiary/aromatic N) is 2. The van der Waals surface area contributed by atoms with E-state index in [0.29, 0.717) is 21.9 Å². The number of H-pyrrole nitrogens is 1. The van der Waals surface area contributed by atoms with E-state index in [0.717, 1.165) is 16.0 Å². The van der Waals surface area contributed by atoms with Crippen LogP contribution in [0.4, 0.5) is 0 Å². The van der Waals surface area contributed by atoms with E-state index in [1.165, 1.54) is 29.2 Å². The van der Waals surface area contributed by atoms with Crippen LogP contribution >= 0.6 is 23.1 Å². The van der Waals surface area contributed by atoms with Crippen molar-refractivity contribution in [1.82, 2.24) is 4.98 Å². The first-order valence-corrected chi connectivity index (χ1v) is 9.45. The summed E-state index contributed by atoms with van der Waals surface area (Å²) in [6, 6.07) is 15.0. The van der Waals surface area contributed by atoms with Crippen LogP contribution in [-0.2, 0) is 5.75 Å². The summed E-state index contributed by atoms with van der Waals surface area (Å²) in [7, 11) is 0. The Bertz CT molecular complexity index is 1050. The average molecular weight is 381 g/mol. The lowest BCUT2D eigenvalue weighted by atomic mass is 10.1. The minimum absolute atomic E-state index is 0.233. The molecule has 3 aromatic rings. The number of nitrogens with one attached hydrogen (secondary N) is 1. The van der Waals surface area contributed by atoms with Gasteiger partial charge < -0.3 is 16.6 Å². The van der Waals surface area contributed by atoms with Crippen molar-refractivity contribution >= 4 is 28.9 Å². The lowest BCUT2D eigenvalue weighted by Crippen LogP contribution is -2.15. The van der Waals surface area contributed by atoms with Crippen LogP contribution in [0.25, 0.3) is 10.4 Å². The Hall–Kier alpha value is -3.02. The molecule has 0 bridgehead atoms. The molecule has 130 valence electrons. The second kappa shape index (κ2) is 7.91. The van der Waals surface area contributed by atoms with Crippen LogP contribution in [0.1, 0.15) is 16.7 Å². The molecule has 3 rings (SSSR count). The number of hydrogen-bond donors (Lipinski definition) is 3. The maximum absolute atomic E-state index is 12.0. The van der Waals surface area contributed by atoms with Crippen molar-refractivity contribution in [1.29, 1.82) is 5.26 Å². The van der Waals surface area contributed by atoms with Gasteiger partial charge in [0, 0.05) is 27.8 Å². The normalized spacial score (nSPS) is 11.3. The maximum atomic E-state index is 12.0. The topological polar surface area (TPSA) is 121 Å². The van der Waals surface area contributed by atoms with Gasteiger partial charge in [-0.15, -0.1) is 23.1 Å². The molecule has 0 aliphatic heterocycles. The fraction of sp³-hybridized carbons (Fsp3) is 0.0556. The van der Waals surface area contributed by atoms with Crippen molar-refractivity contribution in [2.75, 3.05) is 0 Å². The van der Waals surface area contributed by atoms with E-state index < -0.39 is 0 Å². The summed E-state index contributed by atoms with van der Waals surface area (Å²) in [5, 5.41) is 15.6. The first kappa shape index (κ1) is 17.8. The SMILES string of the molecule is N#Cc1c(-c2cccs2)cc(=O)[nH]c1SCc1cccc(/C(N)=N/N)c1. The Kier molecular flexibility index (Phi) is 5.41. The number of pyridine rings is 1. The van der Waals surface area contributed by atoms with Gasteiger partial charge >= 0.3 is 0 Å². The molecule has 8 heteroatoms. The predicted octanol–water partition coefficient (Wildman–Crippen LogP) is 2.85. The number of nitrogens with two attached hydrogens (primary N) is 2. The molecule has 26 heavy (non-hydrogen) atoms. The number of hydrazone groups is 1. The first-order valence-electron chi connectivity index (χ1n) is 7.59. The third kappa shape index (κ3) is 3.79. The molecule has 0 atom stereocenters. The highest BCUT2D eigenvalue weighted by molar-refractivity contribution is 7.98. The van der Waals surface area contributed by atoms with Gasteiger partial charge in [0.2, 0.25) is 5.56 Å². The highest BCUT2D eigenvalue weighted by atomic mass is 32.2. The Balaban J connectivity index is 1.92. The van der Waals surface area contributed by atoms with E-state index in [1.54, 1.807) is 0 Å². The van der Waals surface area contributed by atoms with Crippen LogP contribution in [0.3, 0.4) is 0 Å². The maximum Gasteiger partial charge on any atom is 0.249 e. The van der Waals surface area contributed by atoms with Gasteiger partial charge in [-0.05, 0) is 23.1 Å². The number of benzene rings is 1. The third-order valence-corrected chi connectivity index (χ3v) is 5.63. The fourth-order valence-electron chi connectivity index (χ4n) is 2.43. The quantitative estimate of drug-likeness (QED) is 0.206. The van der Waals surface area contributed by atoms with Crippen LogP contribution in [0.5, 0.6) is 0 Å². The van der Waals surface area contributed by atoms with Crippen molar-refractivity contribution in [3.8, 4) is 16.5 Å². The van der Waals surface area contributed by atoms with Gasteiger partial charge in [-0.2, -0.15) is 10.4 Å². The predicted molar refractivity (Wildman–Crippen MR) is 106 cm³/mol. The summed E-state index contributed by atoms with van der Waals surface area (Å²) >= 11 is 2.89. The molecular weight excluding hydrogens is 366 g/mol. The number of thiophene rings is 1. The van der Waals surface area contributed by atoms with Crippen LogP contribution < -0.4 is 17.1 Å². The number of rotatable bonds is 5. The van der Waals surface area contributed by atoms with Crippen LogP contribution in [0.15, 0.2) is 62.8 Å². The van der Waals surface area contributed by atoms with Crippen molar-refractivity contribution in [2.45, 2.75) is 10.8 Å². The van der Waals surface area contributed by atoms with Gasteiger partial charge in [-0.3, -0.25) is 4.79 Å². The summed E-state index contributed by atoms with van der Waals surface area (Å²) in [5.74, 6) is 6.03. The molecule has 0 saturated carbocycles. The number of thioether (sulfide) groups is 1. The Morgan fingerprint density at radius 1 is 1.31 bits per heavy atom. The summed E-state index contributed by atoms with van der Waals surface area (Å²) < 4.78 is 0. The Morgan fingerprint density at radius 2 is 2.15 bits per heavy atom. The Labute approximate surface area is 158 Å². The van der Waals surface area contributed by atoms with Gasteiger partial charge in [0.25, 0.3) is 0 Å². The van der Waals surface area contributed by atoms with Gasteiger partial charge in [0.15, 0.2) is 0 Å². The Morgan fingerprint density at radius 3 is 2.85 bits per heavy atom. The van der Waals surface area contributed by atoms with E-state index in [-0.39, 0.29) is 11.4 Å². The number of aromatic nitrogens is 1. The number of aromatic amines is 1. The molecule has 2 aromatic heterocycles. The smallest absolute Gasteiger partial charge is 0.249 e. The summed E-state index contributed by atoms with van der Waals surface area (Å²) in [5.41, 5.74) is 8.33. The van der Waals surface area contributed by atoms with Gasteiger partial charge in [-0.25, -0.2) is 0 Å². The molecule has 0 aliphatic carbocycles. The average Bonchev–Trinajstić information content (AvgIpc) is 3.20. The summed E-state index contributed by atoms with van der Waals surface area (Å²) in [6.45, 7) is 0. The van der Waals surface area contributed by atoms with Crippen molar-refractivity contribution < 1.29 is 0 Å². The molecule has 0 saturated heterocycles. The lowest BCUT2D eigenvalue weighted by molar-refractivity contribution is 1.06. The fourth-order valence-corrected chi connectivity index (χ4v) is 4.14. The standard InChI is InChI=1S/C18H15N5OS2/c19-9-14-13(15-5-2-6-25-15)8-16(24)22-18(14)26-10-11-3-1-4-12(7-11)17(20)23-21/h1-8H,10,21H2,(H2,20,23)(H,22,24). The van der Waals surface area contributed by atoms with Crippen molar-refractivity contribution in [3.63, 3.8) is 0 Å². The molecule has 1 aromatic carbocycles. The zero-order chi connectivity index (χ0) is 18.5. The molecule has 2 heterocycles. The second-order valence-electron chi connectivity index (χ2n) is 5.34. The largest absolute Gasteiger partial charge is 0.382 e. The summed E-state index contributed by atoms with van der Waals surface area (Å²) in [6.07, 6.45) is 0. The highest BCUT2D eigenvalue weighted by Gasteiger charge is 2.14. The van der Waals surface area contributed by atoms with Crippen LogP contribution in [0, 0.1) is 11.3 Å². The van der Waals surface area contributed by atoms with Gasteiger partial charge in [-0.1, -0.05) is 24.3 Å². The molecule has 0 unspecified atom stereocenters. The molecule has 0 aliphatic rings. The van der Waals surface area contributed by atoms with E-state index in [9.17, 15) is 10.1 Å². The second-order valence-corrected chi connectivity index (χ2v) is 7.28.